The molecular formula is C18H26N6O4. The Morgan fingerprint density at radius 1 is 1.25 bits per heavy atom. The standard InChI is InChI=1S/C18H26N6O4/c1-21-4-6-23(7-5-21)17-3-2-16(24(26)27)12-15(17)13-19-20-18(25)14-22-8-10-28-11-9-22/h2-3,12-13H,4-11,14H2,1H3,(H,20,25)/b19-13-. The van der Waals surface area contributed by atoms with E-state index in [2.05, 4.69) is 27.4 Å². The third kappa shape index (κ3) is 5.47. The molecule has 3 rings (SSSR count). The number of anilines is 1. The average Bonchev–Trinajstić information content (AvgIpc) is 2.69. The number of likely N-dealkylation sites (N-methyl/N-ethyl adjacent to an activating group) is 1. The smallest absolute Gasteiger partial charge is 0.270 e. The molecule has 10 nitrogen and oxygen atoms in total. The number of hydrogen-bond acceptors (Lipinski definition) is 8. The van der Waals surface area contributed by atoms with Gasteiger partial charge in [-0.2, -0.15) is 5.10 Å². The van der Waals surface area contributed by atoms with Crippen molar-refractivity contribution in [3.63, 3.8) is 0 Å². The molecule has 0 unspecified atom stereocenters. The lowest BCUT2D eigenvalue weighted by molar-refractivity contribution is -0.384. The first-order chi connectivity index (χ1) is 13.5. The second kappa shape index (κ2) is 9.58. The molecule has 1 aromatic rings. The van der Waals surface area contributed by atoms with Crippen molar-refractivity contribution in [3.8, 4) is 0 Å². The van der Waals surface area contributed by atoms with E-state index in [0.717, 1.165) is 45.0 Å². The van der Waals surface area contributed by atoms with Crippen molar-refractivity contribution in [3.05, 3.63) is 33.9 Å². The van der Waals surface area contributed by atoms with E-state index < -0.39 is 4.92 Å². The van der Waals surface area contributed by atoms with E-state index in [1.165, 1.54) is 18.3 Å². The molecule has 28 heavy (non-hydrogen) atoms. The number of piperazine rings is 1. The number of nitrogens with zero attached hydrogens (tertiary/aromatic N) is 5. The van der Waals surface area contributed by atoms with Crippen LogP contribution in [0.4, 0.5) is 11.4 Å². The fraction of sp³-hybridized carbons (Fsp3) is 0.556. The van der Waals surface area contributed by atoms with Crippen LogP contribution in [0.25, 0.3) is 0 Å². The van der Waals surface area contributed by atoms with Gasteiger partial charge in [-0.25, -0.2) is 5.43 Å². The van der Waals surface area contributed by atoms with Gasteiger partial charge in [0, 0.05) is 62.7 Å². The summed E-state index contributed by atoms with van der Waals surface area (Å²) in [7, 11) is 2.07. The number of amides is 1. The molecule has 2 fully saturated rings. The number of hydrogen-bond donors (Lipinski definition) is 1. The van der Waals surface area contributed by atoms with Gasteiger partial charge < -0.3 is 14.5 Å². The molecule has 0 aliphatic carbocycles. The first kappa shape index (κ1) is 20.2. The van der Waals surface area contributed by atoms with Gasteiger partial charge in [-0.15, -0.1) is 0 Å². The van der Waals surface area contributed by atoms with Crippen molar-refractivity contribution in [2.24, 2.45) is 5.10 Å². The summed E-state index contributed by atoms with van der Waals surface area (Å²) in [6.45, 7) is 6.44. The molecule has 0 atom stereocenters. The van der Waals surface area contributed by atoms with E-state index in [4.69, 9.17) is 4.74 Å². The Morgan fingerprint density at radius 2 is 1.96 bits per heavy atom. The van der Waals surface area contributed by atoms with Crippen LogP contribution >= 0.6 is 0 Å². The van der Waals surface area contributed by atoms with Gasteiger partial charge in [-0.3, -0.25) is 19.8 Å². The third-order valence-corrected chi connectivity index (χ3v) is 4.93. The van der Waals surface area contributed by atoms with Crippen LogP contribution in [-0.2, 0) is 9.53 Å². The molecule has 0 spiro atoms. The van der Waals surface area contributed by atoms with Crippen LogP contribution in [0.5, 0.6) is 0 Å². The van der Waals surface area contributed by atoms with Crippen LogP contribution in [-0.4, -0.2) is 92.9 Å². The van der Waals surface area contributed by atoms with Crippen LogP contribution in [0.2, 0.25) is 0 Å². The quantitative estimate of drug-likeness (QED) is 0.418. The number of carbonyl (C=O) groups is 1. The number of nitrogens with one attached hydrogen (secondary N) is 1. The third-order valence-electron chi connectivity index (χ3n) is 4.93. The zero-order valence-corrected chi connectivity index (χ0v) is 16.0. The molecule has 2 aliphatic heterocycles. The number of benzene rings is 1. The van der Waals surface area contributed by atoms with Gasteiger partial charge in [0.1, 0.15) is 0 Å². The minimum absolute atomic E-state index is 0.000953. The molecule has 2 heterocycles. The second-order valence-corrected chi connectivity index (χ2v) is 6.97. The SMILES string of the molecule is CN1CCN(c2ccc([N+](=O)[O-])cc2/C=N\NC(=O)CN2CCOCC2)CC1. The lowest BCUT2D eigenvalue weighted by atomic mass is 10.1. The van der Waals surface area contributed by atoms with Crippen LogP contribution < -0.4 is 10.3 Å². The Balaban J connectivity index is 1.67. The van der Waals surface area contributed by atoms with Crippen molar-refractivity contribution in [1.82, 2.24) is 15.2 Å². The van der Waals surface area contributed by atoms with Gasteiger partial charge in [0.15, 0.2) is 0 Å². The minimum Gasteiger partial charge on any atom is -0.379 e. The first-order valence-electron chi connectivity index (χ1n) is 9.37. The van der Waals surface area contributed by atoms with Crippen LogP contribution in [0.15, 0.2) is 23.3 Å². The van der Waals surface area contributed by atoms with E-state index in [9.17, 15) is 14.9 Å². The topological polar surface area (TPSA) is 104 Å². The Kier molecular flexibility index (Phi) is 6.90. The van der Waals surface area contributed by atoms with Crippen LogP contribution in [0.1, 0.15) is 5.56 Å². The van der Waals surface area contributed by atoms with E-state index in [1.807, 2.05) is 4.90 Å². The highest BCUT2D eigenvalue weighted by atomic mass is 16.6. The molecule has 0 radical (unpaired) electrons. The molecule has 0 aromatic heterocycles. The van der Waals surface area contributed by atoms with Gasteiger partial charge in [0.25, 0.3) is 11.6 Å². The minimum atomic E-state index is -0.428. The normalized spacial score (nSPS) is 19.1. The number of nitro groups is 1. The van der Waals surface area contributed by atoms with Crippen LogP contribution in [0, 0.1) is 10.1 Å². The molecule has 2 saturated heterocycles. The summed E-state index contributed by atoms with van der Waals surface area (Å²) in [6, 6.07) is 4.74. The molecular weight excluding hydrogens is 364 g/mol. The molecule has 0 bridgehead atoms. The monoisotopic (exact) mass is 390 g/mol. The second-order valence-electron chi connectivity index (χ2n) is 6.97. The predicted octanol–water partition coefficient (Wildman–Crippen LogP) is 0.129. The number of carbonyl (C=O) groups excluding carboxylic acids is 1. The van der Waals surface area contributed by atoms with Gasteiger partial charge >= 0.3 is 0 Å². The number of morpholine rings is 1. The molecule has 1 N–H and O–H groups in total. The van der Waals surface area contributed by atoms with E-state index >= 15 is 0 Å². The lowest BCUT2D eigenvalue weighted by Gasteiger charge is -2.34. The van der Waals surface area contributed by atoms with Crippen molar-refractivity contribution < 1.29 is 14.5 Å². The Labute approximate surface area is 163 Å². The fourth-order valence-electron chi connectivity index (χ4n) is 3.27. The maximum atomic E-state index is 12.1. The molecule has 2 aliphatic rings. The summed E-state index contributed by atoms with van der Waals surface area (Å²) in [6.07, 6.45) is 1.48. The molecule has 1 amide bonds. The Morgan fingerprint density at radius 3 is 2.64 bits per heavy atom. The molecule has 0 saturated carbocycles. The van der Waals surface area contributed by atoms with E-state index in [0.29, 0.717) is 18.8 Å². The summed E-state index contributed by atoms with van der Waals surface area (Å²) in [5.41, 5.74) is 4.01. The van der Waals surface area contributed by atoms with E-state index in [-0.39, 0.29) is 18.1 Å². The van der Waals surface area contributed by atoms with Crippen LogP contribution in [0.3, 0.4) is 0 Å². The van der Waals surface area contributed by atoms with Crippen molar-refractivity contribution in [1.29, 1.82) is 0 Å². The maximum absolute atomic E-state index is 12.1. The van der Waals surface area contributed by atoms with Crippen molar-refractivity contribution in [2.75, 3.05) is 71.0 Å². The Hall–Kier alpha value is -2.56. The molecule has 1 aromatic carbocycles. The highest BCUT2D eigenvalue weighted by molar-refractivity contribution is 5.90. The lowest BCUT2D eigenvalue weighted by Crippen LogP contribution is -2.44. The van der Waals surface area contributed by atoms with Crippen molar-refractivity contribution >= 4 is 23.5 Å². The zero-order chi connectivity index (χ0) is 19.9. The van der Waals surface area contributed by atoms with Gasteiger partial charge in [-0.1, -0.05) is 0 Å². The largest absolute Gasteiger partial charge is 0.379 e. The number of nitro benzene ring substituents is 1. The molecule has 152 valence electrons. The summed E-state index contributed by atoms with van der Waals surface area (Å²) in [5.74, 6) is -0.218. The van der Waals surface area contributed by atoms with Gasteiger partial charge in [-0.05, 0) is 13.1 Å². The Bertz CT molecular complexity index is 727. The number of ether oxygens (including phenoxy) is 1. The fourth-order valence-corrected chi connectivity index (χ4v) is 3.27. The summed E-state index contributed by atoms with van der Waals surface area (Å²) < 4.78 is 5.26. The molecule has 10 heteroatoms. The summed E-state index contributed by atoms with van der Waals surface area (Å²) >= 11 is 0. The summed E-state index contributed by atoms with van der Waals surface area (Å²) in [4.78, 5) is 29.2. The predicted molar refractivity (Wildman–Crippen MR) is 106 cm³/mol. The average molecular weight is 390 g/mol. The maximum Gasteiger partial charge on any atom is 0.270 e. The van der Waals surface area contributed by atoms with Gasteiger partial charge in [0.2, 0.25) is 0 Å². The zero-order valence-electron chi connectivity index (χ0n) is 16.0. The number of rotatable bonds is 6. The highest BCUT2D eigenvalue weighted by Gasteiger charge is 2.19. The number of non-ortho nitro benzene ring substituents is 1. The summed E-state index contributed by atoms with van der Waals surface area (Å²) in [5, 5.41) is 15.2. The van der Waals surface area contributed by atoms with Crippen molar-refractivity contribution in [2.45, 2.75) is 0 Å². The first-order valence-corrected chi connectivity index (χ1v) is 9.37. The van der Waals surface area contributed by atoms with E-state index in [1.54, 1.807) is 6.07 Å². The number of hydrazone groups is 1. The highest BCUT2D eigenvalue weighted by Crippen LogP contribution is 2.25. The van der Waals surface area contributed by atoms with Gasteiger partial charge in [0.05, 0.1) is 30.9 Å².